The smallest absolute Gasteiger partial charge is 0.254 e. The van der Waals surface area contributed by atoms with Gasteiger partial charge in [0.2, 0.25) is 5.95 Å². The zero-order valence-electron chi connectivity index (χ0n) is 15.3. The SMILES string of the molecule is Cc1ccc(Nc2ncc(C(=O)NCCc3cccc(Cl)c3)cn2)cc1C. The molecule has 0 spiro atoms. The third-order valence-corrected chi connectivity index (χ3v) is 4.50. The molecule has 0 radical (unpaired) electrons. The highest BCUT2D eigenvalue weighted by Crippen LogP contribution is 2.17. The number of nitrogens with one attached hydrogen (secondary N) is 2. The molecule has 138 valence electrons. The summed E-state index contributed by atoms with van der Waals surface area (Å²) in [5.41, 5.74) is 4.83. The Kier molecular flexibility index (Phi) is 6.04. The van der Waals surface area contributed by atoms with E-state index in [1.54, 1.807) is 0 Å². The van der Waals surface area contributed by atoms with Crippen LogP contribution < -0.4 is 10.6 Å². The van der Waals surface area contributed by atoms with Crippen LogP contribution in [0.4, 0.5) is 11.6 Å². The van der Waals surface area contributed by atoms with Gasteiger partial charge in [0.1, 0.15) is 0 Å². The van der Waals surface area contributed by atoms with Gasteiger partial charge in [-0.15, -0.1) is 0 Å². The maximum atomic E-state index is 12.2. The van der Waals surface area contributed by atoms with Gasteiger partial charge in [-0.1, -0.05) is 29.8 Å². The summed E-state index contributed by atoms with van der Waals surface area (Å²) in [6.45, 7) is 4.63. The highest BCUT2D eigenvalue weighted by atomic mass is 35.5. The zero-order chi connectivity index (χ0) is 19.2. The van der Waals surface area contributed by atoms with Crippen LogP contribution in [-0.2, 0) is 6.42 Å². The molecule has 1 heterocycles. The van der Waals surface area contributed by atoms with E-state index in [1.807, 2.05) is 42.5 Å². The fraction of sp³-hybridized carbons (Fsp3) is 0.190. The minimum Gasteiger partial charge on any atom is -0.352 e. The fourth-order valence-electron chi connectivity index (χ4n) is 2.57. The molecule has 0 aliphatic heterocycles. The van der Waals surface area contributed by atoms with Gasteiger partial charge in [-0.2, -0.15) is 0 Å². The van der Waals surface area contributed by atoms with Gasteiger partial charge in [0, 0.05) is 29.6 Å². The predicted molar refractivity (Wildman–Crippen MR) is 109 cm³/mol. The summed E-state index contributed by atoms with van der Waals surface area (Å²) in [6, 6.07) is 13.7. The van der Waals surface area contributed by atoms with Crippen molar-refractivity contribution < 1.29 is 4.79 Å². The molecule has 0 aliphatic rings. The molecule has 1 amide bonds. The Morgan fingerprint density at radius 1 is 1.04 bits per heavy atom. The quantitative estimate of drug-likeness (QED) is 0.662. The highest BCUT2D eigenvalue weighted by molar-refractivity contribution is 6.30. The van der Waals surface area contributed by atoms with Crippen LogP contribution in [0.1, 0.15) is 27.0 Å². The number of nitrogens with zero attached hydrogens (tertiary/aromatic N) is 2. The van der Waals surface area contributed by atoms with E-state index in [0.717, 1.165) is 11.3 Å². The molecule has 0 unspecified atom stereocenters. The van der Waals surface area contributed by atoms with E-state index in [0.29, 0.717) is 29.5 Å². The number of amides is 1. The molecule has 0 saturated heterocycles. The molecule has 27 heavy (non-hydrogen) atoms. The van der Waals surface area contributed by atoms with Crippen molar-refractivity contribution in [2.24, 2.45) is 0 Å². The highest BCUT2D eigenvalue weighted by Gasteiger charge is 2.07. The number of aryl methyl sites for hydroxylation is 2. The normalized spacial score (nSPS) is 10.5. The van der Waals surface area contributed by atoms with Gasteiger partial charge in [0.25, 0.3) is 5.91 Å². The van der Waals surface area contributed by atoms with Gasteiger partial charge < -0.3 is 10.6 Å². The molecule has 3 aromatic rings. The van der Waals surface area contributed by atoms with Crippen LogP contribution in [0.2, 0.25) is 5.02 Å². The molecule has 0 aliphatic carbocycles. The van der Waals surface area contributed by atoms with Gasteiger partial charge in [-0.05, 0) is 61.2 Å². The monoisotopic (exact) mass is 380 g/mol. The lowest BCUT2D eigenvalue weighted by Crippen LogP contribution is -2.26. The van der Waals surface area contributed by atoms with Crippen molar-refractivity contribution in [3.05, 3.63) is 82.1 Å². The number of rotatable bonds is 6. The summed E-state index contributed by atoms with van der Waals surface area (Å²) in [7, 11) is 0. The Bertz CT molecular complexity index is 941. The number of halogens is 1. The van der Waals surface area contributed by atoms with Gasteiger partial charge in [0.15, 0.2) is 0 Å². The third kappa shape index (κ3) is 5.28. The van der Waals surface area contributed by atoms with Crippen molar-refractivity contribution in [1.82, 2.24) is 15.3 Å². The van der Waals surface area contributed by atoms with Gasteiger partial charge in [-0.25, -0.2) is 9.97 Å². The standard InChI is InChI=1S/C21H21ClN4O/c1-14-6-7-19(10-15(14)2)26-21-24-12-17(13-25-21)20(27)23-9-8-16-4-3-5-18(22)11-16/h3-7,10-13H,8-9H2,1-2H3,(H,23,27)(H,24,25,26). The number of carbonyl (C=O) groups is 1. The molecule has 3 rings (SSSR count). The molecule has 0 bridgehead atoms. The molecule has 1 aromatic heterocycles. The third-order valence-electron chi connectivity index (χ3n) is 4.27. The predicted octanol–water partition coefficient (Wildman–Crippen LogP) is 4.46. The molecule has 2 N–H and O–H groups in total. The average molecular weight is 381 g/mol. The average Bonchev–Trinajstić information content (AvgIpc) is 2.65. The van der Waals surface area contributed by atoms with Crippen LogP contribution in [0.15, 0.2) is 54.9 Å². The lowest BCUT2D eigenvalue weighted by molar-refractivity contribution is 0.0953. The van der Waals surface area contributed by atoms with Crippen LogP contribution in [0.25, 0.3) is 0 Å². The molecular formula is C21H21ClN4O. The number of hydrogen-bond acceptors (Lipinski definition) is 4. The first-order chi connectivity index (χ1) is 13.0. The first-order valence-electron chi connectivity index (χ1n) is 8.70. The summed E-state index contributed by atoms with van der Waals surface area (Å²) >= 11 is 5.96. The molecule has 6 heteroatoms. The number of anilines is 2. The molecular weight excluding hydrogens is 360 g/mol. The van der Waals surface area contributed by atoms with Crippen LogP contribution in [0.5, 0.6) is 0 Å². The maximum absolute atomic E-state index is 12.2. The molecule has 0 fully saturated rings. The minimum absolute atomic E-state index is 0.199. The fourth-order valence-corrected chi connectivity index (χ4v) is 2.79. The van der Waals surface area contributed by atoms with E-state index in [4.69, 9.17) is 11.6 Å². The van der Waals surface area contributed by atoms with Gasteiger partial charge >= 0.3 is 0 Å². The summed E-state index contributed by atoms with van der Waals surface area (Å²) in [6.07, 6.45) is 3.75. The van der Waals surface area contributed by atoms with Crippen molar-refractivity contribution in [1.29, 1.82) is 0 Å². The summed E-state index contributed by atoms with van der Waals surface area (Å²) in [5.74, 6) is 0.253. The van der Waals surface area contributed by atoms with Crippen LogP contribution in [0, 0.1) is 13.8 Å². The number of aromatic nitrogens is 2. The van der Waals surface area contributed by atoms with E-state index in [2.05, 4.69) is 34.4 Å². The van der Waals surface area contributed by atoms with Crippen molar-refractivity contribution >= 4 is 29.1 Å². The Morgan fingerprint density at radius 3 is 2.52 bits per heavy atom. The molecule has 0 atom stereocenters. The Hall–Kier alpha value is -2.92. The minimum atomic E-state index is -0.199. The van der Waals surface area contributed by atoms with E-state index in [1.165, 1.54) is 23.5 Å². The Morgan fingerprint density at radius 2 is 1.81 bits per heavy atom. The van der Waals surface area contributed by atoms with Crippen molar-refractivity contribution in [3.8, 4) is 0 Å². The second-order valence-electron chi connectivity index (χ2n) is 6.36. The maximum Gasteiger partial charge on any atom is 0.254 e. The lowest BCUT2D eigenvalue weighted by atomic mass is 10.1. The van der Waals surface area contributed by atoms with Crippen molar-refractivity contribution in [2.45, 2.75) is 20.3 Å². The zero-order valence-corrected chi connectivity index (χ0v) is 16.0. The second kappa shape index (κ2) is 8.64. The molecule has 2 aromatic carbocycles. The van der Waals surface area contributed by atoms with E-state index in [9.17, 15) is 4.79 Å². The van der Waals surface area contributed by atoms with Gasteiger partial charge in [0.05, 0.1) is 5.56 Å². The second-order valence-corrected chi connectivity index (χ2v) is 6.79. The number of carbonyl (C=O) groups excluding carboxylic acids is 1. The first kappa shape index (κ1) is 18.9. The summed E-state index contributed by atoms with van der Waals surface area (Å²) in [4.78, 5) is 20.7. The van der Waals surface area contributed by atoms with Crippen molar-refractivity contribution in [2.75, 3.05) is 11.9 Å². The molecule has 5 nitrogen and oxygen atoms in total. The van der Waals surface area contributed by atoms with E-state index in [-0.39, 0.29) is 5.91 Å². The van der Waals surface area contributed by atoms with E-state index < -0.39 is 0 Å². The van der Waals surface area contributed by atoms with Gasteiger partial charge in [-0.3, -0.25) is 4.79 Å². The first-order valence-corrected chi connectivity index (χ1v) is 9.08. The van der Waals surface area contributed by atoms with Crippen LogP contribution in [-0.4, -0.2) is 22.4 Å². The summed E-state index contributed by atoms with van der Waals surface area (Å²) < 4.78 is 0. The molecule has 0 saturated carbocycles. The number of hydrogen-bond donors (Lipinski definition) is 2. The van der Waals surface area contributed by atoms with Crippen molar-refractivity contribution in [3.63, 3.8) is 0 Å². The van der Waals surface area contributed by atoms with E-state index >= 15 is 0 Å². The Labute approximate surface area is 163 Å². The topological polar surface area (TPSA) is 66.9 Å². The Balaban J connectivity index is 1.54. The largest absolute Gasteiger partial charge is 0.352 e. The summed E-state index contributed by atoms with van der Waals surface area (Å²) in [5, 5.41) is 6.70. The van der Waals surface area contributed by atoms with Crippen LogP contribution >= 0.6 is 11.6 Å². The lowest BCUT2D eigenvalue weighted by Gasteiger charge is -2.08. The van der Waals surface area contributed by atoms with Crippen LogP contribution in [0.3, 0.4) is 0 Å². The number of benzene rings is 2.